The molecule has 1 aromatic heterocycles. The molecule has 2 heterocycles. The first-order valence-corrected chi connectivity index (χ1v) is 12.2. The molecule has 0 atom stereocenters. The first kappa shape index (κ1) is 21.1. The van der Waals surface area contributed by atoms with Crippen LogP contribution in [-0.2, 0) is 21.2 Å². The van der Waals surface area contributed by atoms with Gasteiger partial charge in [-0.15, -0.1) is 11.3 Å². The number of nitrogens with one attached hydrogen (secondary N) is 1. The van der Waals surface area contributed by atoms with Gasteiger partial charge >= 0.3 is 0 Å². The van der Waals surface area contributed by atoms with Gasteiger partial charge in [-0.1, -0.05) is 36.4 Å². The summed E-state index contributed by atoms with van der Waals surface area (Å²) in [6.07, 6.45) is 3.08. The van der Waals surface area contributed by atoms with E-state index in [9.17, 15) is 18.3 Å². The molecule has 31 heavy (non-hydrogen) atoms. The van der Waals surface area contributed by atoms with E-state index >= 15 is 0 Å². The molecule has 0 spiro atoms. The molecule has 3 aromatic rings. The lowest BCUT2D eigenvalue weighted by molar-refractivity contribution is -0.130. The first-order valence-electron chi connectivity index (χ1n) is 9.82. The lowest BCUT2D eigenvalue weighted by Crippen LogP contribution is -2.35. The predicted molar refractivity (Wildman–Crippen MR) is 123 cm³/mol. The molecule has 4 rings (SSSR count). The number of carbonyl (C=O) groups excluding carboxylic acids is 1. The van der Waals surface area contributed by atoms with Gasteiger partial charge < -0.3 is 10.0 Å². The van der Waals surface area contributed by atoms with Crippen LogP contribution >= 0.6 is 11.3 Å². The Kier molecular flexibility index (Phi) is 6.11. The summed E-state index contributed by atoms with van der Waals surface area (Å²) in [5.41, 5.74) is 3.53. The van der Waals surface area contributed by atoms with E-state index in [1.54, 1.807) is 53.9 Å². The molecule has 0 unspecified atom stereocenters. The highest BCUT2D eigenvalue weighted by atomic mass is 32.2. The Balaban J connectivity index is 1.34. The summed E-state index contributed by atoms with van der Waals surface area (Å²) in [6.45, 7) is 1.19. The highest BCUT2D eigenvalue weighted by molar-refractivity contribution is 7.94. The molecular weight excluding hydrogens is 432 g/mol. The maximum absolute atomic E-state index is 12.7. The summed E-state index contributed by atoms with van der Waals surface area (Å²) in [7, 11) is -3.58. The Morgan fingerprint density at radius 3 is 2.42 bits per heavy atom. The second-order valence-electron chi connectivity index (χ2n) is 7.28. The minimum absolute atomic E-state index is 0.0351. The van der Waals surface area contributed by atoms with Crippen molar-refractivity contribution in [3.8, 4) is 5.75 Å². The zero-order valence-electron chi connectivity index (χ0n) is 16.7. The van der Waals surface area contributed by atoms with Crippen molar-refractivity contribution in [1.29, 1.82) is 0 Å². The van der Waals surface area contributed by atoms with Crippen molar-refractivity contribution >= 4 is 38.5 Å². The summed E-state index contributed by atoms with van der Waals surface area (Å²) in [6, 6.07) is 17.2. The van der Waals surface area contributed by atoms with Crippen molar-refractivity contribution in [1.82, 2.24) is 4.90 Å². The number of benzene rings is 2. The van der Waals surface area contributed by atoms with E-state index in [0.29, 0.717) is 18.8 Å². The molecular formula is C23H22N2O4S2. The fourth-order valence-electron chi connectivity index (χ4n) is 3.43. The van der Waals surface area contributed by atoms with Crippen LogP contribution in [-0.4, -0.2) is 37.4 Å². The largest absolute Gasteiger partial charge is 0.508 e. The number of aromatic hydroxyl groups is 1. The van der Waals surface area contributed by atoms with Crippen LogP contribution in [0.4, 0.5) is 5.69 Å². The maximum atomic E-state index is 12.7. The lowest BCUT2D eigenvalue weighted by Gasteiger charge is -2.27. The number of rotatable bonds is 6. The van der Waals surface area contributed by atoms with Crippen LogP contribution in [0.5, 0.6) is 5.75 Å². The number of nitrogens with zero attached hydrogens (tertiary/aromatic N) is 1. The maximum Gasteiger partial charge on any atom is 0.271 e. The van der Waals surface area contributed by atoms with Gasteiger partial charge in [0.1, 0.15) is 9.96 Å². The van der Waals surface area contributed by atoms with E-state index < -0.39 is 10.0 Å². The molecule has 0 saturated heterocycles. The van der Waals surface area contributed by atoms with Crippen molar-refractivity contribution < 1.29 is 18.3 Å². The zero-order valence-corrected chi connectivity index (χ0v) is 18.3. The van der Waals surface area contributed by atoms with Crippen molar-refractivity contribution in [2.45, 2.75) is 17.1 Å². The monoisotopic (exact) mass is 454 g/mol. The Morgan fingerprint density at radius 2 is 1.81 bits per heavy atom. The summed E-state index contributed by atoms with van der Waals surface area (Å²) in [5.74, 6) is 0.273. The quantitative estimate of drug-likeness (QED) is 0.587. The van der Waals surface area contributed by atoms with Crippen LogP contribution in [0, 0.1) is 0 Å². The molecule has 0 aliphatic carbocycles. The molecule has 2 aromatic carbocycles. The van der Waals surface area contributed by atoms with Crippen molar-refractivity contribution in [2.75, 3.05) is 17.8 Å². The van der Waals surface area contributed by atoms with E-state index in [4.69, 9.17) is 0 Å². The van der Waals surface area contributed by atoms with Gasteiger partial charge in [-0.3, -0.25) is 9.52 Å². The zero-order chi connectivity index (χ0) is 21.8. The highest BCUT2D eigenvalue weighted by Crippen LogP contribution is 2.25. The fraction of sp³-hybridized carbons (Fsp3) is 0.174. The molecule has 0 saturated carbocycles. The molecule has 0 bridgehead atoms. The normalized spacial score (nSPS) is 14.2. The molecule has 160 valence electrons. The van der Waals surface area contributed by atoms with E-state index in [0.717, 1.165) is 28.9 Å². The van der Waals surface area contributed by atoms with Gasteiger partial charge in [0.25, 0.3) is 10.0 Å². The summed E-state index contributed by atoms with van der Waals surface area (Å²) in [5, 5.41) is 11.1. The Hall–Kier alpha value is -3.10. The fourth-order valence-corrected chi connectivity index (χ4v) is 5.48. The molecule has 2 N–H and O–H groups in total. The van der Waals surface area contributed by atoms with Gasteiger partial charge in [0.15, 0.2) is 0 Å². The number of phenols is 1. The van der Waals surface area contributed by atoms with Crippen LogP contribution in [0.1, 0.15) is 17.5 Å². The molecule has 6 nitrogen and oxygen atoms in total. The smallest absolute Gasteiger partial charge is 0.271 e. The number of amides is 1. The van der Waals surface area contributed by atoms with Crippen LogP contribution in [0.3, 0.4) is 0 Å². The van der Waals surface area contributed by atoms with E-state index in [-0.39, 0.29) is 22.3 Å². The number of sulfonamides is 1. The second kappa shape index (κ2) is 8.95. The van der Waals surface area contributed by atoms with Crippen molar-refractivity contribution in [3.63, 3.8) is 0 Å². The second-order valence-corrected chi connectivity index (χ2v) is 10.1. The SMILES string of the molecule is O=C(Cc1ccc(NS(=O)(=O)c2cccs2)cc1)N1CC=C(c2ccc(O)cc2)CC1. The van der Waals surface area contributed by atoms with Crippen molar-refractivity contribution in [2.24, 2.45) is 0 Å². The van der Waals surface area contributed by atoms with Gasteiger partial charge in [-0.05, 0) is 58.8 Å². The van der Waals surface area contributed by atoms with Crippen molar-refractivity contribution in [3.05, 3.63) is 83.2 Å². The number of hydrogen-bond acceptors (Lipinski definition) is 5. The van der Waals surface area contributed by atoms with Crippen LogP contribution in [0.15, 0.2) is 76.3 Å². The Bertz CT molecular complexity index is 1180. The summed E-state index contributed by atoms with van der Waals surface area (Å²) in [4.78, 5) is 14.5. The van der Waals surface area contributed by atoms with Crippen LogP contribution < -0.4 is 4.72 Å². The predicted octanol–water partition coefficient (Wildman–Crippen LogP) is 4.11. The Morgan fingerprint density at radius 1 is 1.06 bits per heavy atom. The van der Waals surface area contributed by atoms with E-state index in [1.165, 1.54) is 5.57 Å². The number of anilines is 1. The minimum atomic E-state index is -3.58. The molecule has 0 radical (unpaired) electrons. The topological polar surface area (TPSA) is 86.7 Å². The standard InChI is InChI=1S/C23H22N2O4S2/c26-21-9-5-18(6-10-21)19-11-13-25(14-12-19)22(27)16-17-3-7-20(8-4-17)24-31(28,29)23-2-1-15-30-23/h1-11,15,24,26H,12-14,16H2. The van der Waals surface area contributed by atoms with Gasteiger partial charge in [-0.2, -0.15) is 0 Å². The third-order valence-corrected chi connectivity index (χ3v) is 7.90. The first-order chi connectivity index (χ1) is 14.9. The highest BCUT2D eigenvalue weighted by Gasteiger charge is 2.19. The van der Waals surface area contributed by atoms with E-state index in [1.807, 2.05) is 17.0 Å². The van der Waals surface area contributed by atoms with E-state index in [2.05, 4.69) is 10.8 Å². The average molecular weight is 455 g/mol. The number of carbonyl (C=O) groups is 1. The average Bonchev–Trinajstić information content (AvgIpc) is 3.32. The molecule has 8 heteroatoms. The summed E-state index contributed by atoms with van der Waals surface area (Å²) >= 11 is 1.16. The third-order valence-electron chi connectivity index (χ3n) is 5.12. The Labute approximate surface area is 185 Å². The number of thiophene rings is 1. The lowest BCUT2D eigenvalue weighted by atomic mass is 9.99. The third kappa shape index (κ3) is 5.15. The van der Waals surface area contributed by atoms with Gasteiger partial charge in [0, 0.05) is 18.8 Å². The summed E-state index contributed by atoms with van der Waals surface area (Å²) < 4.78 is 27.4. The minimum Gasteiger partial charge on any atom is -0.508 e. The molecule has 1 amide bonds. The number of hydrogen-bond donors (Lipinski definition) is 2. The molecule has 1 aliphatic rings. The van der Waals surface area contributed by atoms with Gasteiger partial charge in [0.2, 0.25) is 5.91 Å². The van der Waals surface area contributed by atoms with Gasteiger partial charge in [-0.25, -0.2) is 8.42 Å². The van der Waals surface area contributed by atoms with Gasteiger partial charge in [0.05, 0.1) is 6.42 Å². The van der Waals surface area contributed by atoms with Crippen LogP contribution in [0.2, 0.25) is 0 Å². The molecule has 1 aliphatic heterocycles. The van der Waals surface area contributed by atoms with Crippen LogP contribution in [0.25, 0.3) is 5.57 Å². The molecule has 0 fully saturated rings. The number of phenolic OH excluding ortho intramolecular Hbond substituents is 1.